The van der Waals surface area contributed by atoms with Gasteiger partial charge >= 0.3 is 0 Å². The molecule has 7 nitrogen and oxygen atoms in total. The maximum absolute atomic E-state index is 10.3. The summed E-state index contributed by atoms with van der Waals surface area (Å²) in [5, 5.41) is 0.701. The summed E-state index contributed by atoms with van der Waals surface area (Å²) in [6.07, 6.45) is 5.90. The Morgan fingerprint density at radius 3 is 2.79 bits per heavy atom. The Morgan fingerprint density at radius 2 is 2.24 bits per heavy atom. The Bertz CT molecular complexity index is 917. The second kappa shape index (κ2) is 9.21. The van der Waals surface area contributed by atoms with Crippen LogP contribution in [0.2, 0.25) is 0 Å². The van der Waals surface area contributed by atoms with Crippen LogP contribution in [-0.2, 0) is 5.54 Å². The first kappa shape index (κ1) is 21.7. The first-order valence-electron chi connectivity index (χ1n) is 9.49. The fourth-order valence-corrected chi connectivity index (χ4v) is 4.78. The lowest BCUT2D eigenvalue weighted by Crippen LogP contribution is -2.37. The van der Waals surface area contributed by atoms with E-state index in [4.69, 9.17) is 25.6 Å². The minimum Gasteiger partial charge on any atom is -0.490 e. The van der Waals surface area contributed by atoms with Gasteiger partial charge < -0.3 is 20.6 Å². The number of aromatic nitrogens is 1. The minimum absolute atomic E-state index is 0.174. The predicted molar refractivity (Wildman–Crippen MR) is 118 cm³/mol. The Labute approximate surface area is 182 Å². The number of fused-ring (bicyclic) bond motifs is 2. The number of aryl methyl sites for hydroxylation is 1. The molecule has 0 radical (unpaired) electrons. The number of oxazole rings is 1. The lowest BCUT2D eigenvalue weighted by molar-refractivity contribution is 0.0995. The van der Waals surface area contributed by atoms with Crippen LogP contribution in [0.4, 0.5) is 0 Å². The molecule has 156 valence electrons. The van der Waals surface area contributed by atoms with E-state index in [1.807, 2.05) is 12.1 Å². The standard InChI is InChI=1S/C15H19BrN2OS.C5H6N2O2/c1-2-3-4-11-8-15(9-20-14(17)18-15)12-7-10(16)5-6-13(12)19-11;1-3-7-4(2-9-3)5(6)8/h5-7,11H,2-4,8-9H2,1H3,(H2,17,18);2H,1H3,(H2,6,8)/t11-,15?;/m0./s1. The third-order valence-electron chi connectivity index (χ3n) is 4.84. The lowest BCUT2D eigenvalue weighted by atomic mass is 9.83. The average molecular weight is 481 g/mol. The van der Waals surface area contributed by atoms with Crippen LogP contribution in [0.15, 0.2) is 38.3 Å². The Balaban J connectivity index is 0.000000224. The highest BCUT2D eigenvalue weighted by Gasteiger charge is 2.44. The van der Waals surface area contributed by atoms with Crippen molar-refractivity contribution < 1.29 is 13.9 Å². The fraction of sp³-hybridized carbons (Fsp3) is 0.450. The number of primary amides is 1. The number of carbonyl (C=O) groups is 1. The zero-order valence-electron chi connectivity index (χ0n) is 16.5. The SMILES string of the molecule is CCCC[C@H]1CC2(CSC(N)=N2)c2cc(Br)ccc2O1.Cc1nc(C(N)=O)co1. The zero-order chi connectivity index (χ0) is 21.0. The molecule has 2 aliphatic rings. The van der Waals surface area contributed by atoms with Gasteiger partial charge in [0.2, 0.25) is 0 Å². The third-order valence-corrected chi connectivity index (χ3v) is 6.34. The maximum Gasteiger partial charge on any atom is 0.270 e. The lowest BCUT2D eigenvalue weighted by Gasteiger charge is -2.37. The van der Waals surface area contributed by atoms with E-state index in [0.29, 0.717) is 11.1 Å². The number of nitrogens with two attached hydrogens (primary N) is 2. The topological polar surface area (TPSA) is 117 Å². The molecule has 1 amide bonds. The van der Waals surface area contributed by atoms with Crippen molar-refractivity contribution in [1.82, 2.24) is 4.98 Å². The fourth-order valence-electron chi connectivity index (χ4n) is 3.46. The number of hydrogen-bond donors (Lipinski definition) is 2. The number of amides is 1. The van der Waals surface area contributed by atoms with Gasteiger partial charge in [0, 0.05) is 29.1 Å². The number of ether oxygens (including phenoxy) is 1. The van der Waals surface area contributed by atoms with Crippen LogP contribution in [0.5, 0.6) is 5.75 Å². The van der Waals surface area contributed by atoms with Crippen LogP contribution in [0.1, 0.15) is 54.5 Å². The quantitative estimate of drug-likeness (QED) is 0.678. The molecule has 29 heavy (non-hydrogen) atoms. The molecule has 2 atom stereocenters. The van der Waals surface area contributed by atoms with Crippen molar-refractivity contribution in [3.05, 3.63) is 46.1 Å². The highest BCUT2D eigenvalue weighted by molar-refractivity contribution is 9.10. The third kappa shape index (κ3) is 5.14. The molecular formula is C20H25BrN4O3S. The highest BCUT2D eigenvalue weighted by atomic mass is 79.9. The van der Waals surface area contributed by atoms with Crippen LogP contribution >= 0.6 is 27.7 Å². The van der Waals surface area contributed by atoms with Gasteiger partial charge in [0.1, 0.15) is 23.7 Å². The van der Waals surface area contributed by atoms with Crippen molar-refractivity contribution in [3.8, 4) is 5.75 Å². The van der Waals surface area contributed by atoms with Crippen LogP contribution in [-0.4, -0.2) is 27.9 Å². The van der Waals surface area contributed by atoms with Gasteiger partial charge in [-0.25, -0.2) is 4.98 Å². The number of unbranched alkanes of at least 4 members (excludes halogenated alkanes) is 1. The number of aliphatic imine (C=N–C) groups is 1. The Morgan fingerprint density at radius 1 is 1.45 bits per heavy atom. The number of rotatable bonds is 4. The van der Waals surface area contributed by atoms with Crippen LogP contribution in [0, 0.1) is 6.92 Å². The second-order valence-corrected chi connectivity index (χ2v) is 9.02. The summed E-state index contributed by atoms with van der Waals surface area (Å²) < 4.78 is 12.0. The first-order valence-corrected chi connectivity index (χ1v) is 11.3. The molecule has 0 bridgehead atoms. The van der Waals surface area contributed by atoms with Crippen LogP contribution in [0.3, 0.4) is 0 Å². The molecule has 0 saturated heterocycles. The van der Waals surface area contributed by atoms with Crippen molar-refractivity contribution in [3.63, 3.8) is 0 Å². The van der Waals surface area contributed by atoms with Gasteiger partial charge in [0.05, 0.1) is 0 Å². The molecular weight excluding hydrogens is 456 g/mol. The molecule has 1 unspecified atom stereocenters. The predicted octanol–water partition coefficient (Wildman–Crippen LogP) is 4.13. The molecule has 3 heterocycles. The van der Waals surface area contributed by atoms with Crippen molar-refractivity contribution in [1.29, 1.82) is 0 Å². The van der Waals surface area contributed by atoms with Crippen molar-refractivity contribution in [2.45, 2.75) is 51.2 Å². The number of halogens is 1. The summed E-state index contributed by atoms with van der Waals surface area (Å²) in [6, 6.07) is 6.21. The van der Waals surface area contributed by atoms with E-state index >= 15 is 0 Å². The Kier molecular flexibility index (Phi) is 6.89. The molecule has 1 spiro atoms. The van der Waals surface area contributed by atoms with Gasteiger partial charge in [-0.2, -0.15) is 0 Å². The molecule has 0 aliphatic carbocycles. The van der Waals surface area contributed by atoms with Gasteiger partial charge in [0.25, 0.3) is 5.91 Å². The number of hydrogen-bond acceptors (Lipinski definition) is 7. The van der Waals surface area contributed by atoms with Crippen molar-refractivity contribution in [2.75, 3.05) is 5.75 Å². The molecule has 1 aromatic heterocycles. The molecule has 1 aromatic carbocycles. The number of thioether (sulfide) groups is 1. The molecule has 2 aromatic rings. The van der Waals surface area contributed by atoms with Gasteiger partial charge in [-0.3, -0.25) is 9.79 Å². The van der Waals surface area contributed by atoms with E-state index in [2.05, 4.69) is 33.9 Å². The van der Waals surface area contributed by atoms with E-state index in [9.17, 15) is 4.79 Å². The maximum atomic E-state index is 10.3. The largest absolute Gasteiger partial charge is 0.490 e. The molecule has 9 heteroatoms. The summed E-state index contributed by atoms with van der Waals surface area (Å²) in [7, 11) is 0. The number of nitrogens with zero attached hydrogens (tertiary/aromatic N) is 2. The van der Waals surface area contributed by atoms with E-state index in [1.165, 1.54) is 24.7 Å². The summed E-state index contributed by atoms with van der Waals surface area (Å²) >= 11 is 5.21. The van der Waals surface area contributed by atoms with E-state index in [-0.39, 0.29) is 17.3 Å². The Hall–Kier alpha value is -2.00. The van der Waals surface area contributed by atoms with Crippen LogP contribution in [0.25, 0.3) is 0 Å². The van der Waals surface area contributed by atoms with E-state index in [0.717, 1.165) is 28.8 Å². The van der Waals surface area contributed by atoms with Gasteiger partial charge in [-0.05, 0) is 24.6 Å². The van der Waals surface area contributed by atoms with Gasteiger partial charge in [0.15, 0.2) is 16.8 Å². The van der Waals surface area contributed by atoms with Crippen molar-refractivity contribution in [2.24, 2.45) is 16.5 Å². The summed E-state index contributed by atoms with van der Waals surface area (Å²) in [5.41, 5.74) is 12.0. The smallest absolute Gasteiger partial charge is 0.270 e. The molecule has 4 rings (SSSR count). The van der Waals surface area contributed by atoms with E-state index < -0.39 is 5.91 Å². The highest BCUT2D eigenvalue weighted by Crippen LogP contribution is 2.48. The summed E-state index contributed by atoms with van der Waals surface area (Å²) in [5.74, 6) is 1.78. The normalized spacial score (nSPS) is 22.3. The average Bonchev–Trinajstić information content (AvgIpc) is 3.28. The molecule has 0 fully saturated rings. The summed E-state index contributed by atoms with van der Waals surface area (Å²) in [6.45, 7) is 3.86. The van der Waals surface area contributed by atoms with Gasteiger partial charge in [-0.1, -0.05) is 47.5 Å². The number of carbonyl (C=O) groups excluding carboxylic acids is 1. The molecule has 0 saturated carbocycles. The molecule has 4 N–H and O–H groups in total. The minimum atomic E-state index is -0.563. The zero-order valence-corrected chi connectivity index (χ0v) is 18.9. The van der Waals surface area contributed by atoms with Crippen LogP contribution < -0.4 is 16.2 Å². The number of amidine groups is 1. The number of benzene rings is 1. The molecule has 2 aliphatic heterocycles. The first-order chi connectivity index (χ1) is 13.8. The van der Waals surface area contributed by atoms with Gasteiger partial charge in [-0.15, -0.1) is 0 Å². The summed E-state index contributed by atoms with van der Waals surface area (Å²) in [4.78, 5) is 18.8. The second-order valence-electron chi connectivity index (χ2n) is 7.11. The van der Waals surface area contributed by atoms with E-state index in [1.54, 1.807) is 18.7 Å². The van der Waals surface area contributed by atoms with Crippen molar-refractivity contribution >= 4 is 38.8 Å². The monoisotopic (exact) mass is 480 g/mol.